The molecule has 146 valence electrons. The Morgan fingerprint density at radius 2 is 1.93 bits per heavy atom. The van der Waals surface area contributed by atoms with Crippen molar-refractivity contribution in [2.24, 2.45) is 0 Å². The number of fused-ring (bicyclic) bond motifs is 1. The monoisotopic (exact) mass is 388 g/mol. The Morgan fingerprint density at radius 3 is 2.66 bits per heavy atom. The molecule has 0 fully saturated rings. The Bertz CT molecular complexity index is 1210. The fourth-order valence-corrected chi connectivity index (χ4v) is 3.15. The summed E-state index contributed by atoms with van der Waals surface area (Å²) >= 11 is 0. The zero-order valence-electron chi connectivity index (χ0n) is 16.1. The van der Waals surface area contributed by atoms with E-state index in [1.807, 2.05) is 50.2 Å². The minimum Gasteiger partial charge on any atom is -0.343 e. The average molecular weight is 388 g/mol. The Balaban J connectivity index is 1.65. The van der Waals surface area contributed by atoms with E-state index in [9.17, 15) is 9.59 Å². The van der Waals surface area contributed by atoms with Crippen LogP contribution in [0.2, 0.25) is 0 Å². The zero-order chi connectivity index (χ0) is 20.4. The maximum absolute atomic E-state index is 12.7. The van der Waals surface area contributed by atoms with E-state index < -0.39 is 0 Å². The molecule has 0 bridgehead atoms. The van der Waals surface area contributed by atoms with Gasteiger partial charge in [0.05, 0.1) is 23.6 Å². The van der Waals surface area contributed by atoms with Crippen LogP contribution in [0.5, 0.6) is 0 Å². The molecule has 0 radical (unpaired) electrons. The standard InChI is InChI=1S/C21H20N6O2/c1-13-8-19-24-16(10-20(28)27(19)26-13)9-17(15-6-4-3-5-7-15)25-21(29)18-12-22-14(2)11-23-18/h3-8,10-12,17,26H,9H2,1-2H3,(H,25,29)/t17-/m0/s1. The van der Waals surface area contributed by atoms with Crippen molar-refractivity contribution < 1.29 is 4.79 Å². The first-order chi connectivity index (χ1) is 14.0. The Labute approximate surface area is 166 Å². The van der Waals surface area contributed by atoms with Crippen LogP contribution in [0.25, 0.3) is 5.65 Å². The molecule has 0 saturated carbocycles. The lowest BCUT2D eigenvalue weighted by Gasteiger charge is -2.19. The number of aryl methyl sites for hydroxylation is 2. The Hall–Kier alpha value is -3.81. The van der Waals surface area contributed by atoms with E-state index >= 15 is 0 Å². The van der Waals surface area contributed by atoms with Crippen molar-refractivity contribution in [1.29, 1.82) is 0 Å². The van der Waals surface area contributed by atoms with Crippen molar-refractivity contribution >= 4 is 11.6 Å². The van der Waals surface area contributed by atoms with Crippen LogP contribution < -0.4 is 10.9 Å². The van der Waals surface area contributed by atoms with Gasteiger partial charge in [0.1, 0.15) is 5.69 Å². The molecule has 0 unspecified atom stereocenters. The van der Waals surface area contributed by atoms with Crippen LogP contribution in [-0.4, -0.2) is 30.5 Å². The number of aromatic amines is 1. The third-order valence-electron chi connectivity index (χ3n) is 4.57. The quantitative estimate of drug-likeness (QED) is 0.545. The van der Waals surface area contributed by atoms with E-state index in [1.54, 1.807) is 6.20 Å². The third-order valence-corrected chi connectivity index (χ3v) is 4.57. The lowest BCUT2D eigenvalue weighted by atomic mass is 10.0. The maximum Gasteiger partial charge on any atom is 0.272 e. The molecule has 1 aromatic carbocycles. The molecule has 29 heavy (non-hydrogen) atoms. The predicted molar refractivity (Wildman–Crippen MR) is 108 cm³/mol. The Kier molecular flexibility index (Phi) is 4.90. The van der Waals surface area contributed by atoms with E-state index in [2.05, 4.69) is 25.4 Å². The lowest BCUT2D eigenvalue weighted by molar-refractivity contribution is 0.0931. The number of benzene rings is 1. The summed E-state index contributed by atoms with van der Waals surface area (Å²) in [5.41, 5.74) is 3.68. The van der Waals surface area contributed by atoms with Crippen molar-refractivity contribution in [3.8, 4) is 0 Å². The van der Waals surface area contributed by atoms with Crippen LogP contribution in [0.15, 0.2) is 59.7 Å². The van der Waals surface area contributed by atoms with Crippen LogP contribution in [0, 0.1) is 13.8 Å². The van der Waals surface area contributed by atoms with Gasteiger partial charge in [0, 0.05) is 30.4 Å². The van der Waals surface area contributed by atoms with Crippen molar-refractivity contribution in [2.45, 2.75) is 26.3 Å². The normalized spacial score (nSPS) is 12.1. The number of aromatic nitrogens is 5. The number of nitrogens with zero attached hydrogens (tertiary/aromatic N) is 4. The van der Waals surface area contributed by atoms with Crippen molar-refractivity contribution in [1.82, 2.24) is 29.9 Å². The van der Waals surface area contributed by atoms with Gasteiger partial charge in [-0.2, -0.15) is 0 Å². The van der Waals surface area contributed by atoms with Gasteiger partial charge in [0.15, 0.2) is 5.65 Å². The van der Waals surface area contributed by atoms with Crippen LogP contribution in [0.1, 0.15) is 39.2 Å². The fraction of sp³-hybridized carbons (Fsp3) is 0.190. The molecule has 2 N–H and O–H groups in total. The summed E-state index contributed by atoms with van der Waals surface area (Å²) in [6.45, 7) is 3.67. The molecular formula is C21H20N6O2. The molecule has 0 aliphatic rings. The summed E-state index contributed by atoms with van der Waals surface area (Å²) < 4.78 is 1.40. The number of carbonyl (C=O) groups is 1. The molecule has 1 atom stereocenters. The molecule has 4 aromatic rings. The van der Waals surface area contributed by atoms with E-state index in [1.165, 1.54) is 16.8 Å². The highest BCUT2D eigenvalue weighted by Crippen LogP contribution is 2.18. The van der Waals surface area contributed by atoms with Crippen molar-refractivity contribution in [2.75, 3.05) is 0 Å². The van der Waals surface area contributed by atoms with Crippen molar-refractivity contribution in [3.63, 3.8) is 0 Å². The van der Waals surface area contributed by atoms with E-state index in [0.29, 0.717) is 17.8 Å². The third kappa shape index (κ3) is 4.06. The molecule has 3 heterocycles. The number of amides is 1. The highest BCUT2D eigenvalue weighted by molar-refractivity contribution is 5.92. The molecule has 0 aliphatic carbocycles. The first-order valence-electron chi connectivity index (χ1n) is 9.22. The van der Waals surface area contributed by atoms with E-state index in [0.717, 1.165) is 17.0 Å². The first-order valence-corrected chi connectivity index (χ1v) is 9.22. The van der Waals surface area contributed by atoms with Gasteiger partial charge in [-0.05, 0) is 19.4 Å². The molecular weight excluding hydrogens is 368 g/mol. The van der Waals surface area contributed by atoms with Crippen LogP contribution in [0.4, 0.5) is 0 Å². The van der Waals surface area contributed by atoms with Crippen molar-refractivity contribution in [3.05, 3.63) is 93.6 Å². The van der Waals surface area contributed by atoms with Gasteiger partial charge in [-0.25, -0.2) is 14.5 Å². The van der Waals surface area contributed by atoms with Crippen LogP contribution >= 0.6 is 0 Å². The fourth-order valence-electron chi connectivity index (χ4n) is 3.15. The summed E-state index contributed by atoms with van der Waals surface area (Å²) in [6.07, 6.45) is 3.37. The summed E-state index contributed by atoms with van der Waals surface area (Å²) in [7, 11) is 0. The van der Waals surface area contributed by atoms with Gasteiger partial charge in [0.2, 0.25) is 0 Å². The van der Waals surface area contributed by atoms with Gasteiger partial charge in [-0.1, -0.05) is 30.3 Å². The average Bonchev–Trinajstić information content (AvgIpc) is 3.09. The summed E-state index contributed by atoms with van der Waals surface area (Å²) in [5.74, 6) is -0.332. The van der Waals surface area contributed by atoms with Gasteiger partial charge in [-0.15, -0.1) is 0 Å². The second-order valence-electron chi connectivity index (χ2n) is 6.90. The molecule has 0 aliphatic heterocycles. The number of carbonyl (C=O) groups excluding carboxylic acids is 1. The van der Waals surface area contributed by atoms with Gasteiger partial charge in [0.25, 0.3) is 11.5 Å². The predicted octanol–water partition coefficient (Wildman–Crippen LogP) is 2.14. The molecule has 1 amide bonds. The molecule has 8 heteroatoms. The molecule has 3 aromatic heterocycles. The van der Waals surface area contributed by atoms with E-state index in [-0.39, 0.29) is 23.2 Å². The summed E-state index contributed by atoms with van der Waals surface area (Å²) in [4.78, 5) is 37.9. The maximum atomic E-state index is 12.7. The number of rotatable bonds is 5. The Morgan fingerprint density at radius 1 is 1.14 bits per heavy atom. The topological polar surface area (TPSA) is 105 Å². The molecule has 4 rings (SSSR count). The van der Waals surface area contributed by atoms with Gasteiger partial charge in [-0.3, -0.25) is 19.7 Å². The van der Waals surface area contributed by atoms with Crippen LogP contribution in [-0.2, 0) is 6.42 Å². The lowest BCUT2D eigenvalue weighted by Crippen LogP contribution is -2.31. The number of hydrogen-bond donors (Lipinski definition) is 2. The molecule has 0 spiro atoms. The highest BCUT2D eigenvalue weighted by atomic mass is 16.2. The largest absolute Gasteiger partial charge is 0.343 e. The second kappa shape index (κ2) is 7.67. The highest BCUT2D eigenvalue weighted by Gasteiger charge is 2.19. The van der Waals surface area contributed by atoms with Crippen LogP contribution in [0.3, 0.4) is 0 Å². The van der Waals surface area contributed by atoms with E-state index in [4.69, 9.17) is 0 Å². The van der Waals surface area contributed by atoms with Gasteiger partial charge < -0.3 is 5.32 Å². The molecule has 0 saturated heterocycles. The minimum atomic E-state index is -0.374. The number of nitrogens with one attached hydrogen (secondary N) is 2. The second-order valence-corrected chi connectivity index (χ2v) is 6.90. The zero-order valence-corrected chi connectivity index (χ0v) is 16.1. The molecule has 8 nitrogen and oxygen atoms in total. The van der Waals surface area contributed by atoms with Gasteiger partial charge >= 0.3 is 0 Å². The number of hydrogen-bond acceptors (Lipinski definition) is 5. The minimum absolute atomic E-state index is 0.194. The smallest absolute Gasteiger partial charge is 0.272 e. The summed E-state index contributed by atoms with van der Waals surface area (Å²) in [5, 5.41) is 5.95. The SMILES string of the molecule is Cc1cnc(C(=O)N[C@@H](Cc2cc(=O)n3[nH]c(C)cc3n2)c2ccccc2)cn1. The first kappa shape index (κ1) is 18.5. The summed E-state index contributed by atoms with van der Waals surface area (Å²) in [6, 6.07) is 12.5. The number of H-pyrrole nitrogens is 1.